The lowest BCUT2D eigenvalue weighted by Gasteiger charge is -2.20. The van der Waals surface area contributed by atoms with Gasteiger partial charge < -0.3 is 19.5 Å². The van der Waals surface area contributed by atoms with Gasteiger partial charge in [0, 0.05) is 20.1 Å². The molecule has 0 bridgehead atoms. The molecule has 1 fully saturated rings. The van der Waals surface area contributed by atoms with Gasteiger partial charge in [-0.05, 0) is 48.4 Å². The normalized spacial score (nSPS) is 15.0. The van der Waals surface area contributed by atoms with Gasteiger partial charge in [0.1, 0.15) is 23.9 Å². The molecule has 1 aliphatic rings. The van der Waals surface area contributed by atoms with Gasteiger partial charge in [0.2, 0.25) is 0 Å². The number of hydrogen-bond donors (Lipinski definition) is 1. The van der Waals surface area contributed by atoms with Gasteiger partial charge in [0.25, 0.3) is 5.91 Å². The number of carbonyl (C=O) groups is 3. The lowest BCUT2D eigenvalue weighted by molar-refractivity contribution is -0.122. The summed E-state index contributed by atoms with van der Waals surface area (Å²) in [6.07, 6.45) is 1.07. The first-order chi connectivity index (χ1) is 15.0. The number of carbonyl (C=O) groups excluding carboxylic acids is 3. The number of benzene rings is 2. The number of methoxy groups -OCH3 is 1. The average molecular weight is 432 g/mol. The Kier molecular flexibility index (Phi) is 10.9. The van der Waals surface area contributed by atoms with Crippen molar-refractivity contribution in [3.63, 3.8) is 0 Å². The number of aldehydes is 1. The molecule has 168 valence electrons. The summed E-state index contributed by atoms with van der Waals surface area (Å²) in [6, 6.07) is 11.2. The van der Waals surface area contributed by atoms with Crippen LogP contribution in [0, 0.1) is 5.82 Å². The minimum Gasteiger partial charge on any atom is -0.497 e. The van der Waals surface area contributed by atoms with Crippen molar-refractivity contribution >= 4 is 23.9 Å². The summed E-state index contributed by atoms with van der Waals surface area (Å²) in [6.45, 7) is 4.28. The van der Waals surface area contributed by atoms with Gasteiger partial charge in [0.05, 0.1) is 12.8 Å². The second-order valence-electron chi connectivity index (χ2n) is 6.14. The Labute approximate surface area is 182 Å². The van der Waals surface area contributed by atoms with E-state index in [0.29, 0.717) is 12.7 Å². The molecule has 2 aromatic rings. The van der Waals surface area contributed by atoms with Crippen molar-refractivity contribution in [2.75, 3.05) is 25.7 Å². The molecule has 1 atom stereocenters. The number of imide groups is 1. The highest BCUT2D eigenvalue weighted by atomic mass is 19.1. The fraction of sp³-hybridized carbons (Fsp3) is 0.348. The largest absolute Gasteiger partial charge is 0.497 e. The quantitative estimate of drug-likeness (QED) is 0.535. The van der Waals surface area contributed by atoms with Crippen molar-refractivity contribution in [2.45, 2.75) is 32.7 Å². The highest BCUT2D eigenvalue weighted by molar-refractivity contribution is 6.21. The summed E-state index contributed by atoms with van der Waals surface area (Å²) in [5.74, 6) is -0.209. The number of anilines is 1. The smallest absolute Gasteiger partial charge is 0.332 e. The van der Waals surface area contributed by atoms with E-state index < -0.39 is 23.8 Å². The zero-order chi connectivity index (χ0) is 23.4. The van der Waals surface area contributed by atoms with Crippen molar-refractivity contribution in [3.8, 4) is 5.75 Å². The number of amides is 3. The summed E-state index contributed by atoms with van der Waals surface area (Å²) in [4.78, 5) is 38.9. The minimum atomic E-state index is -0.849. The predicted molar refractivity (Wildman–Crippen MR) is 117 cm³/mol. The van der Waals surface area contributed by atoms with Crippen LogP contribution in [0.2, 0.25) is 0 Å². The fourth-order valence-electron chi connectivity index (χ4n) is 3.08. The van der Waals surface area contributed by atoms with E-state index in [4.69, 9.17) is 9.84 Å². The topological polar surface area (TPSA) is 87.2 Å². The number of aliphatic hydroxyl groups excluding tert-OH is 1. The third-order valence-electron chi connectivity index (χ3n) is 4.52. The van der Waals surface area contributed by atoms with Crippen molar-refractivity contribution in [1.29, 1.82) is 0 Å². The molecule has 8 heteroatoms. The lowest BCUT2D eigenvalue weighted by atomic mass is 10.1. The van der Waals surface area contributed by atoms with E-state index in [1.54, 1.807) is 7.11 Å². The molecule has 0 aromatic heterocycles. The van der Waals surface area contributed by atoms with Crippen molar-refractivity contribution in [2.24, 2.45) is 0 Å². The van der Waals surface area contributed by atoms with Crippen LogP contribution in [-0.2, 0) is 16.0 Å². The van der Waals surface area contributed by atoms with Gasteiger partial charge in [-0.2, -0.15) is 0 Å². The molecule has 0 radical (unpaired) electrons. The van der Waals surface area contributed by atoms with E-state index in [1.807, 2.05) is 38.1 Å². The SMILES string of the molecule is CC.CO.COc1ccc(CCN2C(=O)N(c3ccc(F)cc3)C(=O)C2CC=O)cc1. The van der Waals surface area contributed by atoms with Gasteiger partial charge in [-0.25, -0.2) is 14.1 Å². The molecular formula is C23H29FN2O5. The van der Waals surface area contributed by atoms with E-state index in [9.17, 15) is 18.8 Å². The maximum atomic E-state index is 13.2. The van der Waals surface area contributed by atoms with Crippen LogP contribution in [0.5, 0.6) is 5.75 Å². The molecule has 7 nitrogen and oxygen atoms in total. The number of aliphatic hydroxyl groups is 1. The Morgan fingerprint density at radius 2 is 1.61 bits per heavy atom. The van der Waals surface area contributed by atoms with E-state index in [-0.39, 0.29) is 18.7 Å². The van der Waals surface area contributed by atoms with Crippen molar-refractivity contribution in [3.05, 3.63) is 59.9 Å². The molecule has 1 saturated heterocycles. The molecule has 31 heavy (non-hydrogen) atoms. The summed E-state index contributed by atoms with van der Waals surface area (Å²) in [5.41, 5.74) is 1.26. The van der Waals surface area contributed by atoms with Gasteiger partial charge in [-0.1, -0.05) is 26.0 Å². The lowest BCUT2D eigenvalue weighted by Crippen LogP contribution is -2.37. The Morgan fingerprint density at radius 1 is 1.03 bits per heavy atom. The number of hydrogen-bond acceptors (Lipinski definition) is 5. The van der Waals surface area contributed by atoms with Gasteiger partial charge in [-0.15, -0.1) is 0 Å². The van der Waals surface area contributed by atoms with Crippen LogP contribution >= 0.6 is 0 Å². The molecule has 0 aliphatic carbocycles. The first kappa shape index (κ1) is 25.8. The van der Waals surface area contributed by atoms with Crippen LogP contribution in [0.3, 0.4) is 0 Å². The summed E-state index contributed by atoms with van der Waals surface area (Å²) >= 11 is 0. The van der Waals surface area contributed by atoms with Crippen LogP contribution in [0.15, 0.2) is 48.5 Å². The number of rotatable bonds is 7. The summed E-state index contributed by atoms with van der Waals surface area (Å²) in [5, 5.41) is 7.00. The average Bonchev–Trinajstić information content (AvgIpc) is 3.05. The Morgan fingerprint density at radius 3 is 2.13 bits per heavy atom. The van der Waals surface area contributed by atoms with Crippen molar-refractivity contribution in [1.82, 2.24) is 4.90 Å². The number of nitrogens with zero attached hydrogens (tertiary/aromatic N) is 2. The third-order valence-corrected chi connectivity index (χ3v) is 4.52. The molecule has 1 N–H and O–H groups in total. The second-order valence-corrected chi connectivity index (χ2v) is 6.14. The zero-order valence-corrected chi connectivity index (χ0v) is 18.2. The summed E-state index contributed by atoms with van der Waals surface area (Å²) < 4.78 is 18.3. The second kappa shape index (κ2) is 13.1. The van der Waals surface area contributed by atoms with Crippen LogP contribution < -0.4 is 9.64 Å². The van der Waals surface area contributed by atoms with E-state index in [0.717, 1.165) is 23.3 Å². The molecule has 3 amide bonds. The first-order valence-electron chi connectivity index (χ1n) is 9.96. The number of halogens is 1. The van der Waals surface area contributed by atoms with Crippen LogP contribution in [0.1, 0.15) is 25.8 Å². The highest BCUT2D eigenvalue weighted by Gasteiger charge is 2.45. The Hall–Kier alpha value is -3.26. The molecule has 3 rings (SSSR count). The Balaban J connectivity index is 0.00000113. The zero-order valence-electron chi connectivity index (χ0n) is 18.2. The third kappa shape index (κ3) is 6.36. The fourth-order valence-corrected chi connectivity index (χ4v) is 3.08. The molecular weight excluding hydrogens is 403 g/mol. The standard InChI is InChI=1S/C20H19FN2O4.C2H6.CH4O/c1-27-17-8-2-14(3-9-17)10-12-22-18(11-13-24)19(25)23(20(22)26)16-6-4-15(21)5-7-16;2*1-2/h2-9,13,18H,10-12H2,1H3;1-2H3;2H,1H3. The van der Waals surface area contributed by atoms with Crippen LogP contribution in [-0.4, -0.2) is 55.0 Å². The molecule has 1 aliphatic heterocycles. The van der Waals surface area contributed by atoms with E-state index in [1.165, 1.54) is 29.2 Å². The maximum Gasteiger partial charge on any atom is 0.332 e. The maximum absolute atomic E-state index is 13.2. The monoisotopic (exact) mass is 432 g/mol. The molecule has 0 saturated carbocycles. The first-order valence-corrected chi connectivity index (χ1v) is 9.96. The van der Waals surface area contributed by atoms with E-state index >= 15 is 0 Å². The highest BCUT2D eigenvalue weighted by Crippen LogP contribution is 2.27. The van der Waals surface area contributed by atoms with Gasteiger partial charge in [0.15, 0.2) is 0 Å². The molecule has 2 aromatic carbocycles. The summed E-state index contributed by atoms with van der Waals surface area (Å²) in [7, 11) is 2.58. The molecule has 1 unspecified atom stereocenters. The predicted octanol–water partition coefficient (Wildman–Crippen LogP) is 3.44. The number of urea groups is 1. The van der Waals surface area contributed by atoms with Crippen LogP contribution in [0.4, 0.5) is 14.9 Å². The minimum absolute atomic E-state index is 0.0785. The number of ether oxygens (including phenoxy) is 1. The van der Waals surface area contributed by atoms with Gasteiger partial charge in [-0.3, -0.25) is 4.79 Å². The molecule has 1 heterocycles. The van der Waals surface area contributed by atoms with Crippen molar-refractivity contribution < 1.29 is 28.6 Å². The van der Waals surface area contributed by atoms with Crippen LogP contribution in [0.25, 0.3) is 0 Å². The molecule has 0 spiro atoms. The van der Waals surface area contributed by atoms with E-state index in [2.05, 4.69) is 0 Å². The Bertz CT molecular complexity index is 840. The van der Waals surface area contributed by atoms with Gasteiger partial charge >= 0.3 is 6.03 Å².